The van der Waals surface area contributed by atoms with Crippen molar-refractivity contribution in [2.24, 2.45) is 0 Å². The summed E-state index contributed by atoms with van der Waals surface area (Å²) < 4.78 is 27.8. The summed E-state index contributed by atoms with van der Waals surface area (Å²) in [5.41, 5.74) is 5.15. The molecule has 1 aliphatic heterocycles. The van der Waals surface area contributed by atoms with Crippen LogP contribution in [0.25, 0.3) is 0 Å². The fraction of sp³-hybridized carbons (Fsp3) is 0.300. The van der Waals surface area contributed by atoms with Crippen LogP contribution in [0, 0.1) is 11.6 Å². The number of nitrogen functional groups attached to an aromatic ring is 1. The molecule has 0 bridgehead atoms. The lowest BCUT2D eigenvalue weighted by Crippen LogP contribution is -2.41. The van der Waals surface area contributed by atoms with Gasteiger partial charge in [-0.25, -0.2) is 13.8 Å². The standard InChI is InChI=1S/C20H20F2N4O3S/c1-11(27)5-6-15(28)26-9-7-12(8-10-26)24-20-25-19(23)18(30-20)17(29)16-13(21)3-2-4-14(16)22/h2-6,12H,7-10,23H2,1H3,(H,24,25)/b6-5+. The van der Waals surface area contributed by atoms with Gasteiger partial charge in [0.2, 0.25) is 11.7 Å². The van der Waals surface area contributed by atoms with Gasteiger partial charge in [0.25, 0.3) is 0 Å². The number of halogens is 2. The largest absolute Gasteiger partial charge is 0.382 e. The molecule has 0 aliphatic carbocycles. The Balaban J connectivity index is 1.64. The number of aromatic nitrogens is 1. The van der Waals surface area contributed by atoms with E-state index in [1.54, 1.807) is 4.90 Å². The number of carbonyl (C=O) groups is 3. The van der Waals surface area contributed by atoms with E-state index in [0.717, 1.165) is 23.5 Å². The van der Waals surface area contributed by atoms with E-state index < -0.39 is 23.0 Å². The molecule has 1 saturated heterocycles. The Morgan fingerprint density at radius 1 is 1.20 bits per heavy atom. The van der Waals surface area contributed by atoms with Gasteiger partial charge in [0.1, 0.15) is 22.3 Å². The van der Waals surface area contributed by atoms with Gasteiger partial charge in [-0.05, 0) is 38.0 Å². The van der Waals surface area contributed by atoms with Crippen molar-refractivity contribution < 1.29 is 23.2 Å². The van der Waals surface area contributed by atoms with Crippen molar-refractivity contribution in [2.45, 2.75) is 25.8 Å². The first-order valence-corrected chi connectivity index (χ1v) is 10.1. The first kappa shape index (κ1) is 21.6. The second-order valence-corrected chi connectivity index (χ2v) is 7.85. The second-order valence-electron chi connectivity index (χ2n) is 6.85. The number of likely N-dealkylation sites (tertiary alicyclic amines) is 1. The second kappa shape index (κ2) is 9.12. The maximum Gasteiger partial charge on any atom is 0.246 e. The maximum absolute atomic E-state index is 13.9. The summed E-state index contributed by atoms with van der Waals surface area (Å²) in [6.07, 6.45) is 3.76. The number of nitrogens with one attached hydrogen (secondary N) is 1. The summed E-state index contributed by atoms with van der Waals surface area (Å²) in [5, 5.41) is 3.53. The Morgan fingerprint density at radius 2 is 1.83 bits per heavy atom. The molecular formula is C20H20F2N4O3S. The van der Waals surface area contributed by atoms with Gasteiger partial charge in [-0.1, -0.05) is 17.4 Å². The van der Waals surface area contributed by atoms with Crippen LogP contribution in [0.2, 0.25) is 0 Å². The Morgan fingerprint density at radius 3 is 2.43 bits per heavy atom. The van der Waals surface area contributed by atoms with Crippen molar-refractivity contribution in [3.63, 3.8) is 0 Å². The Bertz CT molecular complexity index is 993. The third-order valence-corrected chi connectivity index (χ3v) is 5.65. The summed E-state index contributed by atoms with van der Waals surface area (Å²) in [7, 11) is 0. The van der Waals surface area contributed by atoms with Crippen molar-refractivity contribution in [3.05, 3.63) is 52.4 Å². The van der Waals surface area contributed by atoms with Gasteiger partial charge < -0.3 is 16.0 Å². The molecule has 0 unspecified atom stereocenters. The number of thiazole rings is 1. The normalized spacial score (nSPS) is 14.8. The number of hydrogen-bond donors (Lipinski definition) is 2. The lowest BCUT2D eigenvalue weighted by molar-refractivity contribution is -0.127. The Labute approximate surface area is 175 Å². The number of nitrogens with two attached hydrogens (primary N) is 1. The van der Waals surface area contributed by atoms with Crippen LogP contribution in [0.4, 0.5) is 19.7 Å². The van der Waals surface area contributed by atoms with Crippen LogP contribution in [-0.4, -0.2) is 46.5 Å². The monoisotopic (exact) mass is 434 g/mol. The van der Waals surface area contributed by atoms with E-state index in [9.17, 15) is 23.2 Å². The van der Waals surface area contributed by atoms with Crippen molar-refractivity contribution in [2.75, 3.05) is 24.1 Å². The lowest BCUT2D eigenvalue weighted by Gasteiger charge is -2.31. The minimum atomic E-state index is -0.960. The van der Waals surface area contributed by atoms with Gasteiger partial charge in [-0.15, -0.1) is 0 Å². The smallest absolute Gasteiger partial charge is 0.246 e. The van der Waals surface area contributed by atoms with Crippen LogP contribution in [-0.2, 0) is 9.59 Å². The minimum Gasteiger partial charge on any atom is -0.382 e. The topological polar surface area (TPSA) is 105 Å². The van der Waals surface area contributed by atoms with E-state index >= 15 is 0 Å². The van der Waals surface area contributed by atoms with E-state index in [2.05, 4.69) is 10.3 Å². The highest BCUT2D eigenvalue weighted by atomic mass is 32.1. The molecule has 0 radical (unpaired) electrons. The molecule has 3 rings (SSSR count). The summed E-state index contributed by atoms with van der Waals surface area (Å²) >= 11 is 0.933. The van der Waals surface area contributed by atoms with E-state index in [1.165, 1.54) is 25.1 Å². The van der Waals surface area contributed by atoms with Crippen LogP contribution < -0.4 is 11.1 Å². The number of carbonyl (C=O) groups excluding carboxylic acids is 3. The quantitative estimate of drug-likeness (QED) is 0.535. The van der Waals surface area contributed by atoms with Crippen LogP contribution in [0.3, 0.4) is 0 Å². The molecular weight excluding hydrogens is 414 g/mol. The number of piperidine rings is 1. The molecule has 2 aromatic rings. The first-order valence-electron chi connectivity index (χ1n) is 9.25. The van der Waals surface area contributed by atoms with Crippen molar-refractivity contribution in [1.82, 2.24) is 9.88 Å². The van der Waals surface area contributed by atoms with E-state index in [-0.39, 0.29) is 28.4 Å². The molecule has 7 nitrogen and oxygen atoms in total. The zero-order valence-electron chi connectivity index (χ0n) is 16.2. The molecule has 30 heavy (non-hydrogen) atoms. The summed E-state index contributed by atoms with van der Waals surface area (Å²) in [4.78, 5) is 41.2. The van der Waals surface area contributed by atoms with Crippen LogP contribution in [0.1, 0.15) is 35.0 Å². The van der Waals surface area contributed by atoms with Crippen LogP contribution >= 0.6 is 11.3 Å². The molecule has 158 valence electrons. The highest BCUT2D eigenvalue weighted by molar-refractivity contribution is 7.18. The van der Waals surface area contributed by atoms with Crippen molar-refractivity contribution >= 4 is 39.8 Å². The molecule has 1 amide bonds. The fourth-order valence-corrected chi connectivity index (χ4v) is 4.01. The molecule has 3 N–H and O–H groups in total. The highest BCUT2D eigenvalue weighted by Crippen LogP contribution is 2.30. The van der Waals surface area contributed by atoms with E-state index in [0.29, 0.717) is 31.1 Å². The third-order valence-electron chi connectivity index (χ3n) is 4.64. The predicted molar refractivity (Wildman–Crippen MR) is 109 cm³/mol. The number of rotatable bonds is 6. The zero-order chi connectivity index (χ0) is 21.8. The number of amides is 1. The number of anilines is 2. The van der Waals surface area contributed by atoms with Gasteiger partial charge in [0.05, 0.1) is 5.56 Å². The molecule has 2 heterocycles. The number of hydrogen-bond acceptors (Lipinski definition) is 7. The lowest BCUT2D eigenvalue weighted by atomic mass is 10.1. The van der Waals surface area contributed by atoms with Crippen molar-refractivity contribution in [3.8, 4) is 0 Å². The predicted octanol–water partition coefficient (Wildman–Crippen LogP) is 2.78. The number of benzene rings is 1. The molecule has 10 heteroatoms. The molecule has 0 saturated carbocycles. The zero-order valence-corrected chi connectivity index (χ0v) is 17.0. The van der Waals surface area contributed by atoms with Crippen LogP contribution in [0.5, 0.6) is 0 Å². The molecule has 1 aliphatic rings. The van der Waals surface area contributed by atoms with Gasteiger partial charge in [-0.2, -0.15) is 0 Å². The van der Waals surface area contributed by atoms with Gasteiger partial charge >= 0.3 is 0 Å². The van der Waals surface area contributed by atoms with Gasteiger partial charge in [0, 0.05) is 25.2 Å². The SMILES string of the molecule is CC(=O)/C=C/C(=O)N1CCC(Nc2nc(N)c(C(=O)c3c(F)cccc3F)s2)CC1. The molecule has 1 aromatic heterocycles. The Hall–Kier alpha value is -3.14. The summed E-state index contributed by atoms with van der Waals surface area (Å²) in [5.74, 6) is -3.29. The molecule has 1 aromatic carbocycles. The van der Waals surface area contributed by atoms with E-state index in [1.807, 2.05) is 0 Å². The van der Waals surface area contributed by atoms with Gasteiger partial charge in [0.15, 0.2) is 10.9 Å². The van der Waals surface area contributed by atoms with E-state index in [4.69, 9.17) is 5.73 Å². The first-order chi connectivity index (χ1) is 14.3. The van der Waals surface area contributed by atoms with Crippen molar-refractivity contribution in [1.29, 1.82) is 0 Å². The number of nitrogens with zero attached hydrogens (tertiary/aromatic N) is 2. The molecule has 1 fully saturated rings. The average Bonchev–Trinajstić information content (AvgIpc) is 3.06. The fourth-order valence-electron chi connectivity index (χ4n) is 3.10. The number of ketones is 2. The van der Waals surface area contributed by atoms with Crippen LogP contribution in [0.15, 0.2) is 30.4 Å². The maximum atomic E-state index is 13.9. The molecule has 0 spiro atoms. The summed E-state index contributed by atoms with van der Waals surface area (Å²) in [6, 6.07) is 3.18. The third kappa shape index (κ3) is 4.88. The highest BCUT2D eigenvalue weighted by Gasteiger charge is 2.26. The van der Waals surface area contributed by atoms with Gasteiger partial charge in [-0.3, -0.25) is 14.4 Å². The summed E-state index contributed by atoms with van der Waals surface area (Å²) in [6.45, 7) is 2.36. The minimum absolute atomic E-state index is 0.00969. The Kier molecular flexibility index (Phi) is 6.56. The molecule has 0 atom stereocenters. The number of allylic oxidation sites excluding steroid dienone is 1. The average molecular weight is 434 g/mol.